The first kappa shape index (κ1) is 11.3. The Hall–Kier alpha value is -0.770. The summed E-state index contributed by atoms with van der Waals surface area (Å²) in [5.41, 5.74) is 10.5. The van der Waals surface area contributed by atoms with E-state index in [9.17, 15) is 0 Å². The highest BCUT2D eigenvalue weighted by Crippen LogP contribution is 2.15. The van der Waals surface area contributed by atoms with Gasteiger partial charge in [-0.05, 0) is 38.3 Å². The number of hydrogen-bond acceptors (Lipinski definition) is 2. The number of nitrogens with zero attached hydrogens (tertiary/aromatic N) is 2. The zero-order valence-electron chi connectivity index (χ0n) is 9.08. The lowest BCUT2D eigenvalue weighted by Gasteiger charge is -2.18. The fourth-order valence-corrected chi connectivity index (χ4v) is 1.87. The van der Waals surface area contributed by atoms with Gasteiger partial charge in [-0.2, -0.15) is 0 Å². The Labute approximate surface area is 86.4 Å². The minimum atomic E-state index is 0.202. The van der Waals surface area contributed by atoms with Crippen LogP contribution >= 0.6 is 0 Å². The molecule has 1 unspecified atom stereocenters. The summed E-state index contributed by atoms with van der Waals surface area (Å²) in [6, 6.07) is 0. The van der Waals surface area contributed by atoms with Crippen molar-refractivity contribution < 1.29 is 0 Å². The van der Waals surface area contributed by atoms with E-state index in [2.05, 4.69) is 16.8 Å². The van der Waals surface area contributed by atoms with E-state index in [4.69, 9.17) is 11.5 Å². The van der Waals surface area contributed by atoms with Crippen LogP contribution in [0, 0.1) is 5.92 Å². The molecule has 4 nitrogen and oxygen atoms in total. The number of rotatable bonds is 3. The molecule has 4 heteroatoms. The van der Waals surface area contributed by atoms with Crippen LogP contribution in [0.5, 0.6) is 0 Å². The van der Waals surface area contributed by atoms with Gasteiger partial charge in [-0.1, -0.05) is 6.92 Å². The molecule has 0 amide bonds. The Bertz CT molecular complexity index is 187. The van der Waals surface area contributed by atoms with Gasteiger partial charge in [-0.3, -0.25) is 4.99 Å². The quantitative estimate of drug-likeness (QED) is 0.509. The molecule has 0 spiro atoms. The first-order valence-corrected chi connectivity index (χ1v) is 5.46. The minimum Gasteiger partial charge on any atom is -0.370 e. The van der Waals surface area contributed by atoms with Gasteiger partial charge < -0.3 is 16.4 Å². The van der Waals surface area contributed by atoms with E-state index in [-0.39, 0.29) is 5.96 Å². The Balaban J connectivity index is 2.20. The van der Waals surface area contributed by atoms with Gasteiger partial charge in [-0.25, -0.2) is 0 Å². The molecule has 0 bridgehead atoms. The molecular weight excluding hydrogens is 176 g/mol. The maximum absolute atomic E-state index is 5.27. The standard InChI is InChI=1S/C10H22N4/c1-9-3-2-6-14(7-4-9)8-5-13-10(11)12/h9H,2-8H2,1H3,(H4,11,12,13). The van der Waals surface area contributed by atoms with Gasteiger partial charge >= 0.3 is 0 Å². The van der Waals surface area contributed by atoms with Crippen LogP contribution in [0.25, 0.3) is 0 Å². The van der Waals surface area contributed by atoms with E-state index in [1.807, 2.05) is 0 Å². The summed E-state index contributed by atoms with van der Waals surface area (Å²) < 4.78 is 0. The first-order valence-electron chi connectivity index (χ1n) is 5.46. The van der Waals surface area contributed by atoms with Crippen molar-refractivity contribution in [3.8, 4) is 0 Å². The molecule has 1 saturated heterocycles. The van der Waals surface area contributed by atoms with E-state index in [0.29, 0.717) is 0 Å². The molecule has 4 N–H and O–H groups in total. The Kier molecular flexibility index (Phi) is 4.73. The molecular formula is C10H22N4. The monoisotopic (exact) mass is 198 g/mol. The summed E-state index contributed by atoms with van der Waals surface area (Å²) in [6.07, 6.45) is 3.98. The lowest BCUT2D eigenvalue weighted by molar-refractivity contribution is 0.290. The molecule has 14 heavy (non-hydrogen) atoms. The van der Waals surface area contributed by atoms with Crippen molar-refractivity contribution in [3.05, 3.63) is 0 Å². The van der Waals surface area contributed by atoms with Crippen molar-refractivity contribution in [2.45, 2.75) is 26.2 Å². The van der Waals surface area contributed by atoms with Crippen molar-refractivity contribution in [1.82, 2.24) is 4.90 Å². The molecule has 0 aromatic rings. The second kappa shape index (κ2) is 5.86. The van der Waals surface area contributed by atoms with Crippen molar-refractivity contribution in [2.24, 2.45) is 22.4 Å². The van der Waals surface area contributed by atoms with E-state index in [0.717, 1.165) is 19.0 Å². The highest BCUT2D eigenvalue weighted by Gasteiger charge is 2.12. The predicted octanol–water partition coefficient (Wildman–Crippen LogP) is 0.382. The summed E-state index contributed by atoms with van der Waals surface area (Å²) in [5.74, 6) is 1.08. The minimum absolute atomic E-state index is 0.202. The zero-order valence-corrected chi connectivity index (χ0v) is 9.08. The van der Waals surface area contributed by atoms with Gasteiger partial charge in [0.05, 0.1) is 6.54 Å². The number of guanidine groups is 1. The highest BCUT2D eigenvalue weighted by atomic mass is 15.1. The van der Waals surface area contributed by atoms with E-state index >= 15 is 0 Å². The zero-order chi connectivity index (χ0) is 10.4. The van der Waals surface area contributed by atoms with Gasteiger partial charge in [0.2, 0.25) is 0 Å². The molecule has 0 aromatic heterocycles. The van der Waals surface area contributed by atoms with Gasteiger partial charge in [0, 0.05) is 6.54 Å². The average molecular weight is 198 g/mol. The SMILES string of the molecule is CC1CCCN(CCN=C(N)N)CC1. The molecule has 0 saturated carbocycles. The maximum Gasteiger partial charge on any atom is 0.185 e. The van der Waals surface area contributed by atoms with Gasteiger partial charge in [-0.15, -0.1) is 0 Å². The summed E-state index contributed by atoms with van der Waals surface area (Å²) in [6.45, 7) is 6.45. The maximum atomic E-state index is 5.27. The molecule has 0 radical (unpaired) electrons. The molecule has 1 rings (SSSR count). The average Bonchev–Trinajstić information content (AvgIpc) is 2.30. The second-order valence-corrected chi connectivity index (χ2v) is 4.18. The predicted molar refractivity (Wildman–Crippen MR) is 60.1 cm³/mol. The summed E-state index contributed by atoms with van der Waals surface area (Å²) in [4.78, 5) is 6.45. The molecule has 1 aliphatic rings. The summed E-state index contributed by atoms with van der Waals surface area (Å²) in [5, 5.41) is 0. The van der Waals surface area contributed by atoms with Crippen molar-refractivity contribution in [3.63, 3.8) is 0 Å². The van der Waals surface area contributed by atoms with Crippen LogP contribution in [0.15, 0.2) is 4.99 Å². The molecule has 82 valence electrons. The van der Waals surface area contributed by atoms with Crippen molar-refractivity contribution in [1.29, 1.82) is 0 Å². The molecule has 1 fully saturated rings. The molecule has 1 atom stereocenters. The summed E-state index contributed by atoms with van der Waals surface area (Å²) in [7, 11) is 0. The van der Waals surface area contributed by atoms with Crippen molar-refractivity contribution >= 4 is 5.96 Å². The topological polar surface area (TPSA) is 67.6 Å². The van der Waals surface area contributed by atoms with E-state index in [1.54, 1.807) is 0 Å². The van der Waals surface area contributed by atoms with Crippen LogP contribution in [0.3, 0.4) is 0 Å². The molecule has 0 aliphatic carbocycles. The van der Waals surface area contributed by atoms with Gasteiger partial charge in [0.1, 0.15) is 0 Å². The van der Waals surface area contributed by atoms with Crippen molar-refractivity contribution in [2.75, 3.05) is 26.2 Å². The molecule has 0 aromatic carbocycles. The van der Waals surface area contributed by atoms with Gasteiger partial charge in [0.25, 0.3) is 0 Å². The van der Waals surface area contributed by atoms with E-state index < -0.39 is 0 Å². The largest absolute Gasteiger partial charge is 0.370 e. The second-order valence-electron chi connectivity index (χ2n) is 4.18. The number of hydrogen-bond donors (Lipinski definition) is 2. The van der Waals surface area contributed by atoms with Crippen LogP contribution in [0.4, 0.5) is 0 Å². The summed E-state index contributed by atoms with van der Waals surface area (Å²) >= 11 is 0. The Morgan fingerprint density at radius 1 is 1.36 bits per heavy atom. The number of likely N-dealkylation sites (tertiary alicyclic amines) is 1. The third-order valence-corrected chi connectivity index (χ3v) is 2.82. The lowest BCUT2D eigenvalue weighted by atomic mass is 10.0. The third-order valence-electron chi connectivity index (χ3n) is 2.82. The Morgan fingerprint density at radius 2 is 2.14 bits per heavy atom. The highest BCUT2D eigenvalue weighted by molar-refractivity contribution is 5.75. The normalized spacial score (nSPS) is 24.2. The fourth-order valence-electron chi connectivity index (χ4n) is 1.87. The first-order chi connectivity index (χ1) is 6.68. The number of aliphatic imine (C=N–C) groups is 1. The van der Waals surface area contributed by atoms with E-state index in [1.165, 1.54) is 32.4 Å². The lowest BCUT2D eigenvalue weighted by Crippen LogP contribution is -2.29. The smallest absolute Gasteiger partial charge is 0.185 e. The van der Waals surface area contributed by atoms with Gasteiger partial charge in [0.15, 0.2) is 5.96 Å². The van der Waals surface area contributed by atoms with Crippen LogP contribution in [0.1, 0.15) is 26.2 Å². The molecule has 1 heterocycles. The number of nitrogens with two attached hydrogens (primary N) is 2. The molecule has 1 aliphatic heterocycles. The van der Waals surface area contributed by atoms with Crippen LogP contribution in [-0.2, 0) is 0 Å². The fraction of sp³-hybridized carbons (Fsp3) is 0.900. The van der Waals surface area contributed by atoms with Crippen LogP contribution < -0.4 is 11.5 Å². The van der Waals surface area contributed by atoms with Crippen LogP contribution in [-0.4, -0.2) is 37.0 Å². The van der Waals surface area contributed by atoms with Crippen LogP contribution in [0.2, 0.25) is 0 Å². The third kappa shape index (κ3) is 4.46. The Morgan fingerprint density at radius 3 is 2.86 bits per heavy atom.